The minimum Gasteiger partial charge on any atom is -0.456 e. The lowest BCUT2D eigenvalue weighted by Gasteiger charge is -2.29. The Balaban J connectivity index is 1.06. The Morgan fingerprint density at radius 3 is 1.89 bits per heavy atom. The molecule has 2 nitrogen and oxygen atoms in total. The Labute approximate surface area is 334 Å². The molecule has 9 aromatic rings. The molecule has 2 aliphatic carbocycles. The maximum Gasteiger partial charge on any atom is 0.136 e. The Morgan fingerprint density at radius 2 is 1.09 bits per heavy atom. The van der Waals surface area contributed by atoms with Crippen molar-refractivity contribution < 1.29 is 4.42 Å². The third-order valence-corrected chi connectivity index (χ3v) is 12.7. The topological polar surface area (TPSA) is 16.4 Å². The molecule has 0 spiro atoms. The van der Waals surface area contributed by atoms with Gasteiger partial charge >= 0.3 is 0 Å². The van der Waals surface area contributed by atoms with Crippen molar-refractivity contribution in [1.29, 1.82) is 0 Å². The summed E-state index contributed by atoms with van der Waals surface area (Å²) < 4.78 is 6.49. The maximum absolute atomic E-state index is 6.49. The third kappa shape index (κ3) is 5.54. The molecule has 0 saturated heterocycles. The number of allylic oxidation sites excluding steroid dienone is 2. The number of benzene rings is 8. The summed E-state index contributed by atoms with van der Waals surface area (Å²) in [5, 5.41) is 4.75. The van der Waals surface area contributed by atoms with Crippen molar-refractivity contribution >= 4 is 55.3 Å². The Morgan fingerprint density at radius 1 is 0.439 bits per heavy atom. The van der Waals surface area contributed by atoms with Crippen LogP contribution in [0.1, 0.15) is 50.7 Å². The molecular weight excluding hydrogens is 691 g/mol. The summed E-state index contributed by atoms with van der Waals surface area (Å²) >= 11 is 0. The van der Waals surface area contributed by atoms with E-state index in [0.717, 1.165) is 44.4 Å². The van der Waals surface area contributed by atoms with Gasteiger partial charge in [-0.3, -0.25) is 0 Å². The number of hydrogen-bond donors (Lipinski definition) is 0. The van der Waals surface area contributed by atoms with Crippen molar-refractivity contribution in [2.24, 2.45) is 0 Å². The van der Waals surface area contributed by atoms with Gasteiger partial charge in [0, 0.05) is 33.2 Å². The minimum atomic E-state index is 0.0289. The third-order valence-electron chi connectivity index (χ3n) is 12.7. The SMILES string of the molecule is CC1(C)C2=C(CCCC2)c2ccc(N(c3ccc(-c4ccccc4)cc3)c3ccc(-c4cc5oc6ccccc6c5cc4-c4cccc5ccccc45)cc3)cc21. The van der Waals surface area contributed by atoms with E-state index in [9.17, 15) is 0 Å². The van der Waals surface area contributed by atoms with Crippen molar-refractivity contribution in [3.8, 4) is 33.4 Å². The minimum absolute atomic E-state index is 0.0289. The molecule has 57 heavy (non-hydrogen) atoms. The van der Waals surface area contributed by atoms with E-state index in [4.69, 9.17) is 4.42 Å². The monoisotopic (exact) mass is 733 g/mol. The zero-order valence-corrected chi connectivity index (χ0v) is 32.4. The molecule has 0 amide bonds. The van der Waals surface area contributed by atoms with Gasteiger partial charge in [-0.1, -0.05) is 141 Å². The van der Waals surface area contributed by atoms with Crippen molar-refractivity contribution in [3.63, 3.8) is 0 Å². The van der Waals surface area contributed by atoms with Crippen LogP contribution in [0.2, 0.25) is 0 Å². The largest absolute Gasteiger partial charge is 0.456 e. The van der Waals surface area contributed by atoms with E-state index in [1.165, 1.54) is 75.5 Å². The van der Waals surface area contributed by atoms with Crippen LogP contribution in [-0.4, -0.2) is 0 Å². The first kappa shape index (κ1) is 33.7. The highest BCUT2D eigenvalue weighted by Crippen LogP contribution is 2.53. The molecule has 0 fully saturated rings. The van der Waals surface area contributed by atoms with Gasteiger partial charge in [-0.2, -0.15) is 0 Å². The highest BCUT2D eigenvalue weighted by molar-refractivity contribution is 6.11. The molecule has 274 valence electrons. The molecule has 1 aromatic heterocycles. The fraction of sp³-hybridized carbons (Fsp3) is 0.127. The lowest BCUT2D eigenvalue weighted by molar-refractivity contribution is 0.574. The fourth-order valence-corrected chi connectivity index (χ4v) is 9.87. The number of rotatable bonds is 6. The molecule has 0 saturated carbocycles. The van der Waals surface area contributed by atoms with E-state index in [1.807, 2.05) is 6.07 Å². The van der Waals surface area contributed by atoms with Gasteiger partial charge in [-0.05, 0) is 141 Å². The lowest BCUT2D eigenvalue weighted by Crippen LogP contribution is -2.19. The summed E-state index contributed by atoms with van der Waals surface area (Å²) in [5.74, 6) is 0. The first-order chi connectivity index (χ1) is 28.0. The predicted octanol–water partition coefficient (Wildman–Crippen LogP) is 15.8. The number of fused-ring (bicyclic) bond motifs is 6. The van der Waals surface area contributed by atoms with Gasteiger partial charge in [-0.25, -0.2) is 0 Å². The van der Waals surface area contributed by atoms with Crippen molar-refractivity contribution in [3.05, 3.63) is 193 Å². The van der Waals surface area contributed by atoms with Gasteiger partial charge in [0.2, 0.25) is 0 Å². The van der Waals surface area contributed by atoms with E-state index < -0.39 is 0 Å². The van der Waals surface area contributed by atoms with Crippen LogP contribution in [0.4, 0.5) is 17.1 Å². The quantitative estimate of drug-likeness (QED) is 0.169. The summed E-state index contributed by atoms with van der Waals surface area (Å²) in [6, 6.07) is 64.3. The van der Waals surface area contributed by atoms with E-state index in [2.05, 4.69) is 189 Å². The molecule has 0 aliphatic heterocycles. The summed E-state index contributed by atoms with van der Waals surface area (Å²) in [6.07, 6.45) is 4.98. The van der Waals surface area contributed by atoms with Gasteiger partial charge in [-0.15, -0.1) is 0 Å². The zero-order chi connectivity index (χ0) is 38.1. The summed E-state index contributed by atoms with van der Waals surface area (Å²) in [4.78, 5) is 2.43. The van der Waals surface area contributed by atoms with Gasteiger partial charge in [0.25, 0.3) is 0 Å². The van der Waals surface area contributed by atoms with E-state index >= 15 is 0 Å². The van der Waals surface area contributed by atoms with Gasteiger partial charge < -0.3 is 9.32 Å². The van der Waals surface area contributed by atoms with Gasteiger partial charge in [0.1, 0.15) is 11.2 Å². The summed E-state index contributed by atoms with van der Waals surface area (Å²) in [6.45, 7) is 4.87. The van der Waals surface area contributed by atoms with Crippen LogP contribution < -0.4 is 4.90 Å². The van der Waals surface area contributed by atoms with Crippen LogP contribution in [0, 0.1) is 0 Å². The average molecular weight is 734 g/mol. The van der Waals surface area contributed by atoms with Gasteiger partial charge in [0.15, 0.2) is 0 Å². The highest BCUT2D eigenvalue weighted by atomic mass is 16.3. The van der Waals surface area contributed by atoms with E-state index in [-0.39, 0.29) is 5.41 Å². The Kier molecular flexibility index (Phi) is 7.83. The van der Waals surface area contributed by atoms with Crippen LogP contribution >= 0.6 is 0 Å². The molecule has 0 atom stereocenters. The first-order valence-electron chi connectivity index (χ1n) is 20.4. The standard InChI is InChI=1S/C55H43NO/c1-55(2)51-21-10-8-18-45(51)46-32-31-42(33-52(46)55)56(40-27-23-37(24-28-40)36-13-4-3-5-14-36)41-29-25-39(26-30-41)48-35-54-50(47-19-9-11-22-53(47)57-54)34-49(48)44-20-12-16-38-15-6-7-17-43(38)44/h3-7,9,11-17,19-20,22-35H,8,10,18,21H2,1-2H3. The molecule has 2 heteroatoms. The molecule has 11 rings (SSSR count). The first-order valence-corrected chi connectivity index (χ1v) is 20.4. The predicted molar refractivity (Wildman–Crippen MR) is 241 cm³/mol. The van der Waals surface area contributed by atoms with Crippen molar-refractivity contribution in [1.82, 2.24) is 0 Å². The van der Waals surface area contributed by atoms with Crippen LogP contribution in [0.5, 0.6) is 0 Å². The second-order valence-electron chi connectivity index (χ2n) is 16.3. The van der Waals surface area contributed by atoms with Crippen LogP contribution in [0.3, 0.4) is 0 Å². The molecule has 0 N–H and O–H groups in total. The normalized spacial score (nSPS) is 14.6. The molecule has 2 aliphatic rings. The zero-order valence-electron chi connectivity index (χ0n) is 32.4. The second kappa shape index (κ2) is 13.2. The van der Waals surface area contributed by atoms with E-state index in [0.29, 0.717) is 0 Å². The lowest BCUT2D eigenvalue weighted by atomic mass is 9.77. The number of furan rings is 1. The molecule has 1 heterocycles. The second-order valence-corrected chi connectivity index (χ2v) is 16.3. The van der Waals surface area contributed by atoms with Crippen LogP contribution in [-0.2, 0) is 5.41 Å². The Bertz CT molecular complexity index is 3010. The number of para-hydroxylation sites is 1. The fourth-order valence-electron chi connectivity index (χ4n) is 9.87. The van der Waals surface area contributed by atoms with Crippen molar-refractivity contribution in [2.75, 3.05) is 4.90 Å². The molecular formula is C55H43NO. The molecule has 0 radical (unpaired) electrons. The number of nitrogens with zero attached hydrogens (tertiary/aromatic N) is 1. The smallest absolute Gasteiger partial charge is 0.136 e. The van der Waals surface area contributed by atoms with Crippen LogP contribution in [0.25, 0.3) is 71.7 Å². The van der Waals surface area contributed by atoms with Gasteiger partial charge in [0.05, 0.1) is 0 Å². The Hall–Kier alpha value is -6.64. The summed E-state index contributed by atoms with van der Waals surface area (Å²) in [5.41, 5.74) is 18.6. The molecule has 0 unspecified atom stereocenters. The van der Waals surface area contributed by atoms with Crippen LogP contribution in [0.15, 0.2) is 186 Å². The maximum atomic E-state index is 6.49. The average Bonchev–Trinajstić information content (AvgIpc) is 3.75. The molecule has 8 aromatic carbocycles. The highest BCUT2D eigenvalue weighted by Gasteiger charge is 2.38. The molecule has 0 bridgehead atoms. The summed E-state index contributed by atoms with van der Waals surface area (Å²) in [7, 11) is 0. The number of hydrogen-bond acceptors (Lipinski definition) is 2. The van der Waals surface area contributed by atoms with Crippen molar-refractivity contribution in [2.45, 2.75) is 44.9 Å². The van der Waals surface area contributed by atoms with E-state index in [1.54, 1.807) is 11.1 Å². The number of anilines is 3.